The van der Waals surface area contributed by atoms with Crippen LogP contribution in [0.25, 0.3) is 0 Å². The Morgan fingerprint density at radius 3 is 2.81 bits per heavy atom. The van der Waals surface area contributed by atoms with Gasteiger partial charge in [-0.15, -0.1) is 0 Å². The van der Waals surface area contributed by atoms with Crippen LogP contribution in [-0.2, 0) is 4.79 Å². The monoisotopic (exact) mass is 350 g/mol. The fraction of sp³-hybridized carbons (Fsp3) is 0.500. The summed E-state index contributed by atoms with van der Waals surface area (Å²) >= 11 is 3.31. The minimum absolute atomic E-state index is 0.117. The number of amides is 1. The number of hydrogen-bond donors (Lipinski definition) is 1. The zero-order valence-electron chi connectivity index (χ0n) is 12.1. The van der Waals surface area contributed by atoms with E-state index in [1.54, 1.807) is 25.1 Å². The summed E-state index contributed by atoms with van der Waals surface area (Å²) in [5, 5.41) is 12.1. The van der Waals surface area contributed by atoms with Gasteiger partial charge in [0.1, 0.15) is 11.8 Å². The van der Waals surface area contributed by atoms with Gasteiger partial charge in [0.15, 0.2) is 6.10 Å². The Bertz CT molecular complexity index is 548. The third-order valence-electron chi connectivity index (χ3n) is 3.69. The normalized spacial score (nSPS) is 16.8. The third kappa shape index (κ3) is 4.47. The topological polar surface area (TPSA) is 62.1 Å². The smallest absolute Gasteiger partial charge is 0.260 e. The summed E-state index contributed by atoms with van der Waals surface area (Å²) in [7, 11) is 0. The third-order valence-corrected chi connectivity index (χ3v) is 4.18. The number of benzene rings is 1. The molecule has 0 bridgehead atoms. The molecule has 2 rings (SSSR count). The Kier molecular flexibility index (Phi) is 5.63. The van der Waals surface area contributed by atoms with Crippen molar-refractivity contribution in [1.29, 1.82) is 5.26 Å². The van der Waals surface area contributed by atoms with Gasteiger partial charge in [0.05, 0.1) is 5.56 Å². The number of nitrogens with one attached hydrogen (secondary N) is 1. The molecule has 112 valence electrons. The first-order valence-corrected chi connectivity index (χ1v) is 8.06. The number of hydrogen-bond acceptors (Lipinski definition) is 3. The van der Waals surface area contributed by atoms with E-state index in [2.05, 4.69) is 27.3 Å². The van der Waals surface area contributed by atoms with Crippen LogP contribution in [0.15, 0.2) is 22.7 Å². The second-order valence-corrected chi connectivity index (χ2v) is 6.27. The first-order valence-electron chi connectivity index (χ1n) is 7.27. The lowest BCUT2D eigenvalue weighted by atomic mass is 9.95. The molecule has 1 aliphatic carbocycles. The van der Waals surface area contributed by atoms with Gasteiger partial charge in [-0.1, -0.05) is 35.2 Å². The Morgan fingerprint density at radius 2 is 2.14 bits per heavy atom. The minimum Gasteiger partial charge on any atom is -0.480 e. The highest BCUT2D eigenvalue weighted by atomic mass is 79.9. The first kappa shape index (κ1) is 15.8. The molecule has 1 aromatic carbocycles. The highest BCUT2D eigenvalue weighted by Crippen LogP contribution is 2.23. The fourth-order valence-corrected chi connectivity index (χ4v) is 2.86. The van der Waals surface area contributed by atoms with Crippen LogP contribution >= 0.6 is 15.9 Å². The molecular weight excluding hydrogens is 332 g/mol. The summed E-state index contributed by atoms with van der Waals surface area (Å²) in [4.78, 5) is 12.2. The molecule has 0 heterocycles. The molecule has 21 heavy (non-hydrogen) atoms. The van der Waals surface area contributed by atoms with Crippen molar-refractivity contribution in [3.8, 4) is 11.8 Å². The van der Waals surface area contributed by atoms with Crippen molar-refractivity contribution in [2.45, 2.75) is 51.2 Å². The number of carbonyl (C=O) groups is 1. The summed E-state index contributed by atoms with van der Waals surface area (Å²) in [6.45, 7) is 1.71. The summed E-state index contributed by atoms with van der Waals surface area (Å²) in [5.74, 6) is 0.320. The molecule has 0 radical (unpaired) electrons. The van der Waals surface area contributed by atoms with Gasteiger partial charge in [-0.2, -0.15) is 5.26 Å². The Labute approximate surface area is 133 Å². The van der Waals surface area contributed by atoms with E-state index < -0.39 is 6.10 Å². The van der Waals surface area contributed by atoms with Crippen molar-refractivity contribution >= 4 is 21.8 Å². The molecule has 1 fully saturated rings. The van der Waals surface area contributed by atoms with Crippen molar-refractivity contribution < 1.29 is 9.53 Å². The van der Waals surface area contributed by atoms with Gasteiger partial charge in [0, 0.05) is 10.5 Å². The van der Waals surface area contributed by atoms with Crippen molar-refractivity contribution in [2.24, 2.45) is 0 Å². The van der Waals surface area contributed by atoms with E-state index in [0.29, 0.717) is 11.3 Å². The van der Waals surface area contributed by atoms with E-state index in [-0.39, 0.29) is 11.9 Å². The number of nitriles is 1. The van der Waals surface area contributed by atoms with Crippen molar-refractivity contribution in [2.75, 3.05) is 0 Å². The predicted octanol–water partition coefficient (Wildman–Crippen LogP) is 3.54. The van der Waals surface area contributed by atoms with E-state index in [0.717, 1.165) is 17.3 Å². The van der Waals surface area contributed by atoms with Gasteiger partial charge in [-0.25, -0.2) is 0 Å². The maximum Gasteiger partial charge on any atom is 0.260 e. The van der Waals surface area contributed by atoms with Crippen LogP contribution in [0.2, 0.25) is 0 Å². The average Bonchev–Trinajstić information content (AvgIpc) is 2.49. The van der Waals surface area contributed by atoms with Crippen LogP contribution in [0.3, 0.4) is 0 Å². The summed E-state index contributed by atoms with van der Waals surface area (Å²) in [6, 6.07) is 7.51. The van der Waals surface area contributed by atoms with Crippen molar-refractivity contribution in [3.05, 3.63) is 28.2 Å². The van der Waals surface area contributed by atoms with Crippen molar-refractivity contribution in [1.82, 2.24) is 5.32 Å². The van der Waals surface area contributed by atoms with Gasteiger partial charge < -0.3 is 10.1 Å². The Hall–Kier alpha value is -1.54. The van der Waals surface area contributed by atoms with Gasteiger partial charge in [0.2, 0.25) is 0 Å². The molecule has 1 unspecified atom stereocenters. The number of carbonyl (C=O) groups excluding carboxylic acids is 1. The molecule has 1 N–H and O–H groups in total. The van der Waals surface area contributed by atoms with E-state index in [4.69, 9.17) is 10.00 Å². The highest BCUT2D eigenvalue weighted by Gasteiger charge is 2.21. The maximum atomic E-state index is 12.2. The summed E-state index contributed by atoms with van der Waals surface area (Å²) in [5.41, 5.74) is 0.418. The Balaban J connectivity index is 1.95. The molecule has 1 atom stereocenters. The SMILES string of the molecule is CC(Oc1ccc(Br)cc1C#N)C(=O)NC1CCCCC1. The average molecular weight is 351 g/mol. The number of nitrogens with zero attached hydrogens (tertiary/aromatic N) is 1. The molecule has 0 saturated heterocycles. The molecule has 1 amide bonds. The lowest BCUT2D eigenvalue weighted by Gasteiger charge is -2.24. The number of ether oxygens (including phenoxy) is 1. The lowest BCUT2D eigenvalue weighted by Crippen LogP contribution is -2.43. The molecule has 0 spiro atoms. The van der Waals surface area contributed by atoms with Crippen LogP contribution in [0.5, 0.6) is 5.75 Å². The second kappa shape index (κ2) is 7.46. The molecule has 0 aromatic heterocycles. The van der Waals surface area contributed by atoms with Gasteiger partial charge in [-0.05, 0) is 38.0 Å². The van der Waals surface area contributed by atoms with Crippen LogP contribution < -0.4 is 10.1 Å². The maximum absolute atomic E-state index is 12.2. The highest BCUT2D eigenvalue weighted by molar-refractivity contribution is 9.10. The zero-order valence-corrected chi connectivity index (χ0v) is 13.6. The fourth-order valence-electron chi connectivity index (χ4n) is 2.50. The molecule has 4 nitrogen and oxygen atoms in total. The standard InChI is InChI=1S/C16H19BrN2O2/c1-11(16(20)19-14-5-3-2-4-6-14)21-15-8-7-13(17)9-12(15)10-18/h7-9,11,14H,2-6H2,1H3,(H,19,20). The van der Waals surface area contributed by atoms with E-state index >= 15 is 0 Å². The minimum atomic E-state index is -0.611. The van der Waals surface area contributed by atoms with E-state index in [1.807, 2.05) is 0 Å². The molecule has 0 aliphatic heterocycles. The summed E-state index contributed by atoms with van der Waals surface area (Å²) < 4.78 is 6.45. The van der Waals surface area contributed by atoms with E-state index in [1.165, 1.54) is 19.3 Å². The lowest BCUT2D eigenvalue weighted by molar-refractivity contribution is -0.128. The van der Waals surface area contributed by atoms with Gasteiger partial charge in [-0.3, -0.25) is 4.79 Å². The van der Waals surface area contributed by atoms with Gasteiger partial charge in [0.25, 0.3) is 5.91 Å². The molecule has 1 aromatic rings. The molecule has 1 aliphatic rings. The van der Waals surface area contributed by atoms with Crippen LogP contribution in [0, 0.1) is 11.3 Å². The number of halogens is 1. The largest absolute Gasteiger partial charge is 0.480 e. The van der Waals surface area contributed by atoms with Crippen LogP contribution in [0.4, 0.5) is 0 Å². The number of rotatable bonds is 4. The van der Waals surface area contributed by atoms with E-state index in [9.17, 15) is 4.79 Å². The van der Waals surface area contributed by atoms with Gasteiger partial charge >= 0.3 is 0 Å². The quantitative estimate of drug-likeness (QED) is 0.903. The molecule has 5 heteroatoms. The van der Waals surface area contributed by atoms with Crippen LogP contribution in [0.1, 0.15) is 44.6 Å². The predicted molar refractivity (Wildman–Crippen MR) is 84.0 cm³/mol. The second-order valence-electron chi connectivity index (χ2n) is 5.36. The van der Waals surface area contributed by atoms with Crippen molar-refractivity contribution in [3.63, 3.8) is 0 Å². The summed E-state index contributed by atoms with van der Waals surface area (Å²) in [6.07, 6.45) is 5.07. The first-order chi connectivity index (χ1) is 10.1. The molecular formula is C16H19BrN2O2. The van der Waals surface area contributed by atoms with Crippen LogP contribution in [-0.4, -0.2) is 18.1 Å². The molecule has 1 saturated carbocycles. The zero-order chi connectivity index (χ0) is 15.2. The Morgan fingerprint density at radius 1 is 1.43 bits per heavy atom.